The van der Waals surface area contributed by atoms with E-state index >= 15 is 0 Å². The number of pyridine rings is 1. The average Bonchev–Trinajstić information content (AvgIpc) is 2.39. The van der Waals surface area contributed by atoms with Gasteiger partial charge in [0.2, 0.25) is 0 Å². The van der Waals surface area contributed by atoms with E-state index in [-0.39, 0.29) is 12.5 Å². The third kappa shape index (κ3) is 4.22. The van der Waals surface area contributed by atoms with Gasteiger partial charge in [0.15, 0.2) is 6.61 Å². The maximum absolute atomic E-state index is 11.6. The molecule has 0 aliphatic heterocycles. The summed E-state index contributed by atoms with van der Waals surface area (Å²) in [7, 11) is 0. The Morgan fingerprint density at radius 3 is 2.95 bits per heavy atom. The first-order chi connectivity index (χ1) is 9.15. The summed E-state index contributed by atoms with van der Waals surface area (Å²) in [5, 5.41) is 3.11. The molecular weight excluding hydrogens is 332 g/mol. The number of nitrogens with one attached hydrogen (secondary N) is 1. The molecule has 0 saturated heterocycles. The van der Waals surface area contributed by atoms with E-state index in [4.69, 9.17) is 16.3 Å². The third-order valence-corrected chi connectivity index (χ3v) is 2.99. The SMILES string of the molecule is O=C(COc1ccc(Br)cc1Cl)Nc1cccnc1. The van der Waals surface area contributed by atoms with E-state index in [0.29, 0.717) is 16.5 Å². The van der Waals surface area contributed by atoms with Gasteiger partial charge in [-0.05, 0) is 30.3 Å². The Balaban J connectivity index is 1.90. The molecule has 1 aromatic heterocycles. The molecule has 98 valence electrons. The summed E-state index contributed by atoms with van der Waals surface area (Å²) in [6, 6.07) is 8.68. The van der Waals surface area contributed by atoms with Gasteiger partial charge >= 0.3 is 0 Å². The minimum Gasteiger partial charge on any atom is -0.482 e. The van der Waals surface area contributed by atoms with Crippen molar-refractivity contribution >= 4 is 39.1 Å². The molecule has 2 rings (SSSR count). The lowest BCUT2D eigenvalue weighted by atomic mass is 10.3. The number of benzene rings is 1. The van der Waals surface area contributed by atoms with Crippen LogP contribution in [0.2, 0.25) is 5.02 Å². The molecule has 0 radical (unpaired) electrons. The number of anilines is 1. The number of nitrogens with zero attached hydrogens (tertiary/aromatic N) is 1. The van der Waals surface area contributed by atoms with Gasteiger partial charge in [0, 0.05) is 10.7 Å². The van der Waals surface area contributed by atoms with Crippen molar-refractivity contribution in [3.63, 3.8) is 0 Å². The Morgan fingerprint density at radius 2 is 2.26 bits per heavy atom. The van der Waals surface area contributed by atoms with Crippen LogP contribution in [0.25, 0.3) is 0 Å². The molecule has 0 spiro atoms. The van der Waals surface area contributed by atoms with Crippen LogP contribution in [0.1, 0.15) is 0 Å². The van der Waals surface area contributed by atoms with Gasteiger partial charge in [0.25, 0.3) is 5.91 Å². The summed E-state index contributed by atoms with van der Waals surface area (Å²) >= 11 is 9.27. The molecule has 0 aliphatic rings. The quantitative estimate of drug-likeness (QED) is 0.926. The molecule has 6 heteroatoms. The number of ether oxygens (including phenoxy) is 1. The van der Waals surface area contributed by atoms with Crippen LogP contribution in [0.3, 0.4) is 0 Å². The zero-order valence-corrected chi connectivity index (χ0v) is 12.1. The minimum atomic E-state index is -0.271. The lowest BCUT2D eigenvalue weighted by Gasteiger charge is -2.08. The number of aromatic nitrogens is 1. The van der Waals surface area contributed by atoms with Gasteiger partial charge in [0.05, 0.1) is 16.9 Å². The zero-order valence-electron chi connectivity index (χ0n) is 9.77. The van der Waals surface area contributed by atoms with E-state index in [0.717, 1.165) is 4.47 Å². The molecule has 1 heterocycles. The summed E-state index contributed by atoms with van der Waals surface area (Å²) in [6.07, 6.45) is 3.19. The van der Waals surface area contributed by atoms with Gasteiger partial charge in [0.1, 0.15) is 5.75 Å². The molecular formula is C13H10BrClN2O2. The Morgan fingerprint density at radius 1 is 1.42 bits per heavy atom. The summed E-state index contributed by atoms with van der Waals surface area (Å²) in [4.78, 5) is 15.5. The Bertz CT molecular complexity index is 578. The predicted octanol–water partition coefficient (Wildman–Crippen LogP) is 3.52. The maximum atomic E-state index is 11.6. The van der Waals surface area contributed by atoms with E-state index in [1.807, 2.05) is 0 Å². The highest BCUT2D eigenvalue weighted by Crippen LogP contribution is 2.27. The van der Waals surface area contributed by atoms with Gasteiger partial charge in [-0.3, -0.25) is 9.78 Å². The van der Waals surface area contributed by atoms with Crippen molar-refractivity contribution in [2.75, 3.05) is 11.9 Å². The fourth-order valence-corrected chi connectivity index (χ4v) is 2.10. The number of halogens is 2. The second-order valence-corrected chi connectivity index (χ2v) is 4.98. The van der Waals surface area contributed by atoms with Crippen molar-refractivity contribution < 1.29 is 9.53 Å². The van der Waals surface area contributed by atoms with Crippen LogP contribution in [0.4, 0.5) is 5.69 Å². The van der Waals surface area contributed by atoms with Crippen LogP contribution >= 0.6 is 27.5 Å². The largest absolute Gasteiger partial charge is 0.482 e. The van der Waals surface area contributed by atoms with Crippen LogP contribution in [-0.4, -0.2) is 17.5 Å². The van der Waals surface area contributed by atoms with Crippen LogP contribution in [0.15, 0.2) is 47.2 Å². The molecule has 0 unspecified atom stereocenters. The fourth-order valence-electron chi connectivity index (χ4n) is 1.37. The molecule has 1 N–H and O–H groups in total. The van der Waals surface area contributed by atoms with E-state index < -0.39 is 0 Å². The van der Waals surface area contributed by atoms with Crippen molar-refractivity contribution in [3.8, 4) is 5.75 Å². The number of rotatable bonds is 4. The first-order valence-electron chi connectivity index (χ1n) is 5.43. The van der Waals surface area contributed by atoms with Crippen molar-refractivity contribution in [2.24, 2.45) is 0 Å². The molecule has 0 fully saturated rings. The van der Waals surface area contributed by atoms with Gasteiger partial charge in [-0.1, -0.05) is 27.5 Å². The van der Waals surface area contributed by atoms with Crippen LogP contribution < -0.4 is 10.1 Å². The normalized spacial score (nSPS) is 10.0. The van der Waals surface area contributed by atoms with E-state index in [1.165, 1.54) is 0 Å². The highest BCUT2D eigenvalue weighted by Gasteiger charge is 2.06. The highest BCUT2D eigenvalue weighted by atomic mass is 79.9. The summed E-state index contributed by atoms with van der Waals surface area (Å²) in [5.74, 6) is 0.193. The highest BCUT2D eigenvalue weighted by molar-refractivity contribution is 9.10. The minimum absolute atomic E-state index is 0.115. The van der Waals surface area contributed by atoms with Crippen LogP contribution in [0.5, 0.6) is 5.75 Å². The topological polar surface area (TPSA) is 51.2 Å². The molecule has 2 aromatic rings. The van der Waals surface area contributed by atoms with Crippen LogP contribution in [-0.2, 0) is 4.79 Å². The lowest BCUT2D eigenvalue weighted by Crippen LogP contribution is -2.20. The molecule has 0 atom stereocenters. The smallest absolute Gasteiger partial charge is 0.262 e. The summed E-state index contributed by atoms with van der Waals surface area (Å²) in [6.45, 7) is -0.115. The van der Waals surface area contributed by atoms with Gasteiger partial charge in [-0.2, -0.15) is 0 Å². The number of hydrogen-bond acceptors (Lipinski definition) is 3. The van der Waals surface area contributed by atoms with Gasteiger partial charge in [-0.25, -0.2) is 0 Å². The lowest BCUT2D eigenvalue weighted by molar-refractivity contribution is -0.118. The fraction of sp³-hybridized carbons (Fsp3) is 0.0769. The molecule has 0 aliphatic carbocycles. The average molecular weight is 342 g/mol. The maximum Gasteiger partial charge on any atom is 0.262 e. The van der Waals surface area contributed by atoms with E-state index in [2.05, 4.69) is 26.2 Å². The zero-order chi connectivity index (χ0) is 13.7. The molecule has 1 amide bonds. The number of carbonyl (C=O) groups is 1. The molecule has 0 bridgehead atoms. The van der Waals surface area contributed by atoms with E-state index in [9.17, 15) is 4.79 Å². The van der Waals surface area contributed by atoms with Crippen molar-refractivity contribution in [1.29, 1.82) is 0 Å². The molecule has 1 aromatic carbocycles. The monoisotopic (exact) mass is 340 g/mol. The molecule has 4 nitrogen and oxygen atoms in total. The standard InChI is InChI=1S/C13H10BrClN2O2/c14-9-3-4-12(11(15)6-9)19-8-13(18)17-10-2-1-5-16-7-10/h1-7H,8H2,(H,17,18). The first kappa shape index (κ1) is 13.8. The number of carbonyl (C=O) groups excluding carboxylic acids is 1. The molecule has 19 heavy (non-hydrogen) atoms. The summed E-state index contributed by atoms with van der Waals surface area (Å²) < 4.78 is 6.19. The van der Waals surface area contributed by atoms with Crippen molar-refractivity contribution in [2.45, 2.75) is 0 Å². The third-order valence-electron chi connectivity index (χ3n) is 2.20. The summed E-state index contributed by atoms with van der Waals surface area (Å²) in [5.41, 5.74) is 0.623. The van der Waals surface area contributed by atoms with Gasteiger partial charge in [-0.15, -0.1) is 0 Å². The van der Waals surface area contributed by atoms with Crippen molar-refractivity contribution in [1.82, 2.24) is 4.98 Å². The number of hydrogen-bond donors (Lipinski definition) is 1. The molecule has 0 saturated carbocycles. The first-order valence-corrected chi connectivity index (χ1v) is 6.60. The number of amides is 1. The Hall–Kier alpha value is -1.59. The Kier molecular flexibility index (Phi) is 4.76. The second-order valence-electron chi connectivity index (χ2n) is 3.65. The van der Waals surface area contributed by atoms with Crippen LogP contribution in [0, 0.1) is 0 Å². The Labute approximate surface area is 123 Å². The van der Waals surface area contributed by atoms with Crippen molar-refractivity contribution in [3.05, 3.63) is 52.2 Å². The second kappa shape index (κ2) is 6.54. The predicted molar refractivity (Wildman–Crippen MR) is 77.5 cm³/mol. The van der Waals surface area contributed by atoms with E-state index in [1.54, 1.807) is 42.7 Å². The van der Waals surface area contributed by atoms with Gasteiger partial charge < -0.3 is 10.1 Å².